The first-order valence-corrected chi connectivity index (χ1v) is 12.6. The average molecular weight is 578 g/mol. The van der Waals surface area contributed by atoms with Crippen LogP contribution in [0, 0.1) is 5.41 Å². The molecule has 4 rings (SSSR count). The average Bonchev–Trinajstić information content (AvgIpc) is 3.09. The van der Waals surface area contributed by atoms with Crippen LogP contribution in [0.4, 0.5) is 38.0 Å². The van der Waals surface area contributed by atoms with E-state index in [9.17, 15) is 35.9 Å². The van der Waals surface area contributed by atoms with Crippen LogP contribution in [0.25, 0.3) is 0 Å². The number of carbonyl (C=O) groups is 1. The molecule has 16 heteroatoms. The van der Waals surface area contributed by atoms with Crippen LogP contribution in [0.5, 0.6) is 0 Å². The van der Waals surface area contributed by atoms with E-state index in [1.165, 1.54) is 0 Å². The molecule has 1 unspecified atom stereocenters. The first-order chi connectivity index (χ1) is 18.6. The highest BCUT2D eigenvalue weighted by molar-refractivity contribution is 5.84. The van der Waals surface area contributed by atoms with Crippen molar-refractivity contribution in [3.05, 3.63) is 40.1 Å². The second-order valence-electron chi connectivity index (χ2n) is 10.7. The Morgan fingerprint density at radius 2 is 1.70 bits per heavy atom. The number of rotatable bonds is 7. The number of ether oxygens (including phenoxy) is 1. The van der Waals surface area contributed by atoms with Gasteiger partial charge in [-0.05, 0) is 19.8 Å². The number of H-pyrrole nitrogens is 1. The van der Waals surface area contributed by atoms with Gasteiger partial charge in [-0.15, -0.1) is 0 Å². The highest BCUT2D eigenvalue weighted by atomic mass is 19.4. The fraction of sp³-hybridized carbons (Fsp3) is 0.625. The zero-order valence-corrected chi connectivity index (χ0v) is 21.9. The summed E-state index contributed by atoms with van der Waals surface area (Å²) in [6, 6.07) is -0.813. The Hall–Kier alpha value is -3.43. The molecule has 2 aromatic heterocycles. The topological polar surface area (TPSA) is 116 Å². The first-order valence-electron chi connectivity index (χ1n) is 12.6. The molecule has 10 nitrogen and oxygen atoms in total. The highest BCUT2D eigenvalue weighted by Gasteiger charge is 2.49. The molecule has 0 radical (unpaired) electrons. The Morgan fingerprint density at radius 1 is 1.07 bits per heavy atom. The van der Waals surface area contributed by atoms with E-state index in [1.807, 2.05) is 13.8 Å². The minimum absolute atomic E-state index is 0.110. The summed E-state index contributed by atoms with van der Waals surface area (Å²) in [7, 11) is 0. The molecular weight excluding hydrogens is 548 g/mol. The zero-order valence-electron chi connectivity index (χ0n) is 21.9. The third kappa shape index (κ3) is 6.31. The number of aromatic nitrogens is 4. The molecule has 1 amide bonds. The minimum Gasteiger partial charge on any atom is -0.378 e. The molecule has 0 spiro atoms. The van der Waals surface area contributed by atoms with E-state index in [4.69, 9.17) is 4.74 Å². The van der Waals surface area contributed by atoms with Crippen molar-refractivity contribution in [1.82, 2.24) is 25.1 Å². The fourth-order valence-electron chi connectivity index (χ4n) is 5.04. The van der Waals surface area contributed by atoms with Gasteiger partial charge in [0, 0.05) is 49.5 Å². The van der Waals surface area contributed by atoms with Gasteiger partial charge in [0.2, 0.25) is 5.95 Å². The molecule has 2 saturated heterocycles. The number of amides is 1. The van der Waals surface area contributed by atoms with Crippen LogP contribution in [-0.2, 0) is 21.9 Å². The van der Waals surface area contributed by atoms with Crippen molar-refractivity contribution < 1.29 is 35.9 Å². The van der Waals surface area contributed by atoms with Gasteiger partial charge in [-0.1, -0.05) is 13.8 Å². The zero-order chi connectivity index (χ0) is 29.5. The molecule has 2 aliphatic rings. The van der Waals surface area contributed by atoms with E-state index in [-0.39, 0.29) is 24.5 Å². The number of aromatic amines is 1. The van der Waals surface area contributed by atoms with Crippen molar-refractivity contribution in [2.45, 2.75) is 64.2 Å². The second kappa shape index (κ2) is 10.9. The number of nitrogens with one attached hydrogen (secondary N) is 2. The molecule has 2 aromatic rings. The summed E-state index contributed by atoms with van der Waals surface area (Å²) in [4.78, 5) is 36.2. The lowest BCUT2D eigenvalue weighted by molar-refractivity contribution is -0.141. The number of piperidine rings is 1. The summed E-state index contributed by atoms with van der Waals surface area (Å²) in [5.41, 5.74) is -4.78. The molecule has 0 aromatic carbocycles. The van der Waals surface area contributed by atoms with Crippen LogP contribution in [0.3, 0.4) is 0 Å². The summed E-state index contributed by atoms with van der Waals surface area (Å²) in [6.45, 7) is 6.46. The number of halogens is 6. The van der Waals surface area contributed by atoms with E-state index in [0.29, 0.717) is 32.5 Å². The van der Waals surface area contributed by atoms with Gasteiger partial charge in [0.1, 0.15) is 11.7 Å². The molecule has 0 aliphatic carbocycles. The normalized spacial score (nSPS) is 21.1. The lowest BCUT2D eigenvalue weighted by Gasteiger charge is -2.37. The van der Waals surface area contributed by atoms with E-state index < -0.39 is 52.3 Å². The monoisotopic (exact) mass is 577 g/mol. The van der Waals surface area contributed by atoms with Crippen LogP contribution < -0.4 is 15.8 Å². The van der Waals surface area contributed by atoms with Crippen LogP contribution in [-0.4, -0.2) is 75.4 Å². The standard InChI is InChI=1S/C24H29F6N7O3/c1-13(34-16-10-33-35-19(38)17(16)24(28,29)30)11-40-18-20(39)37(12-22(18,2)3)15-4-6-36(7-5-15)21-31-8-14(9-32-21)23(25,26)27/h8-10,13,15,18H,4-7,11-12H2,1-3H3,(H2,34,35,38)/t13?,18-/m1/s1. The fourth-order valence-corrected chi connectivity index (χ4v) is 5.04. The smallest absolute Gasteiger partial charge is 0.378 e. The molecular formula is C24H29F6N7O3. The van der Waals surface area contributed by atoms with Crippen molar-refractivity contribution in [2.24, 2.45) is 5.41 Å². The number of nitrogens with zero attached hydrogens (tertiary/aromatic N) is 5. The SMILES string of the molecule is CC(CO[C@@H]1C(=O)N(C2CCN(c3ncc(C(F)(F)F)cn3)CC2)CC1(C)C)Nc1cn[nH]c(=O)c1C(F)(F)F. The number of alkyl halides is 6. The molecule has 0 saturated carbocycles. The van der Waals surface area contributed by atoms with E-state index in [1.54, 1.807) is 21.8 Å². The molecule has 2 N–H and O–H groups in total. The predicted molar refractivity (Wildman–Crippen MR) is 130 cm³/mol. The summed E-state index contributed by atoms with van der Waals surface area (Å²) in [5, 5.41) is 7.80. The number of hydrogen-bond acceptors (Lipinski definition) is 8. The highest BCUT2D eigenvalue weighted by Crippen LogP contribution is 2.37. The Kier molecular flexibility index (Phi) is 8.02. The quantitative estimate of drug-likeness (QED) is 0.482. The lowest BCUT2D eigenvalue weighted by Crippen LogP contribution is -2.47. The van der Waals surface area contributed by atoms with Gasteiger partial charge in [-0.2, -0.15) is 31.4 Å². The van der Waals surface area contributed by atoms with Gasteiger partial charge in [0.05, 0.1) is 24.1 Å². The summed E-state index contributed by atoms with van der Waals surface area (Å²) < 4.78 is 84.2. The van der Waals surface area contributed by atoms with Crippen molar-refractivity contribution in [1.29, 1.82) is 0 Å². The van der Waals surface area contributed by atoms with Gasteiger partial charge in [-0.3, -0.25) is 9.59 Å². The molecule has 40 heavy (non-hydrogen) atoms. The number of carbonyl (C=O) groups excluding carboxylic acids is 1. The molecule has 2 fully saturated rings. The van der Waals surface area contributed by atoms with E-state index in [0.717, 1.165) is 18.6 Å². The van der Waals surface area contributed by atoms with Crippen molar-refractivity contribution in [3.8, 4) is 0 Å². The molecule has 220 valence electrons. The third-order valence-electron chi connectivity index (χ3n) is 7.00. The summed E-state index contributed by atoms with van der Waals surface area (Å²) >= 11 is 0. The van der Waals surface area contributed by atoms with E-state index >= 15 is 0 Å². The minimum atomic E-state index is -4.89. The van der Waals surface area contributed by atoms with Crippen LogP contribution in [0.1, 0.15) is 44.7 Å². The molecule has 2 aliphatic heterocycles. The maximum atomic E-state index is 13.3. The van der Waals surface area contributed by atoms with Crippen LogP contribution >= 0.6 is 0 Å². The van der Waals surface area contributed by atoms with Crippen molar-refractivity contribution in [2.75, 3.05) is 36.5 Å². The number of hydrogen-bond donors (Lipinski definition) is 2. The third-order valence-corrected chi connectivity index (χ3v) is 7.00. The Morgan fingerprint density at radius 3 is 2.27 bits per heavy atom. The van der Waals surface area contributed by atoms with Crippen molar-refractivity contribution in [3.63, 3.8) is 0 Å². The van der Waals surface area contributed by atoms with Gasteiger partial charge in [-0.25, -0.2) is 15.1 Å². The van der Waals surface area contributed by atoms with Gasteiger partial charge < -0.3 is 19.9 Å². The summed E-state index contributed by atoms with van der Waals surface area (Å²) in [5.74, 6) is -0.0539. The van der Waals surface area contributed by atoms with Crippen LogP contribution in [0.2, 0.25) is 0 Å². The second-order valence-corrected chi connectivity index (χ2v) is 10.7. The van der Waals surface area contributed by atoms with Crippen LogP contribution in [0.15, 0.2) is 23.4 Å². The number of anilines is 2. The molecule has 2 atom stereocenters. The van der Waals surface area contributed by atoms with E-state index in [2.05, 4.69) is 20.4 Å². The Bertz CT molecular complexity index is 1260. The molecule has 0 bridgehead atoms. The summed E-state index contributed by atoms with van der Waals surface area (Å²) in [6.07, 6.45) is -6.80. The Balaban J connectivity index is 1.34. The Labute approximate surface area is 225 Å². The lowest BCUT2D eigenvalue weighted by atomic mass is 9.89. The maximum Gasteiger partial charge on any atom is 0.423 e. The maximum absolute atomic E-state index is 13.3. The first kappa shape index (κ1) is 29.6. The molecule has 4 heterocycles. The predicted octanol–water partition coefficient (Wildman–Crippen LogP) is 3.32. The number of likely N-dealkylation sites (tertiary alicyclic amines) is 1. The largest absolute Gasteiger partial charge is 0.423 e. The van der Waals surface area contributed by atoms with Crippen molar-refractivity contribution >= 4 is 17.5 Å². The van der Waals surface area contributed by atoms with Gasteiger partial charge >= 0.3 is 12.4 Å². The van der Waals surface area contributed by atoms with Gasteiger partial charge in [0.15, 0.2) is 0 Å². The van der Waals surface area contributed by atoms with Gasteiger partial charge in [0.25, 0.3) is 11.5 Å².